The molecule has 1 saturated heterocycles. The summed E-state index contributed by atoms with van der Waals surface area (Å²) in [5.41, 5.74) is 4.59. The number of hydrogen-bond acceptors (Lipinski definition) is 15. The van der Waals surface area contributed by atoms with Crippen LogP contribution in [-0.2, 0) is 46.3 Å². The first-order valence-electron chi connectivity index (χ1n) is 24.3. The van der Waals surface area contributed by atoms with Crippen LogP contribution in [0.25, 0.3) is 0 Å². The minimum absolute atomic E-state index is 0.0556. The molecule has 0 saturated carbocycles. The van der Waals surface area contributed by atoms with Gasteiger partial charge in [0.15, 0.2) is 12.3 Å². The molecule has 2 rings (SSSR count). The van der Waals surface area contributed by atoms with Gasteiger partial charge in [-0.2, -0.15) is 9.29 Å². The van der Waals surface area contributed by atoms with Gasteiger partial charge in [0, 0.05) is 19.0 Å². The zero-order chi connectivity index (χ0) is 48.1. The predicted octanol–water partition coefficient (Wildman–Crippen LogP) is 9.21. The Labute approximate surface area is 387 Å². The molecule has 2 heterocycles. The van der Waals surface area contributed by atoms with E-state index in [1.165, 1.54) is 95.7 Å². The third kappa shape index (κ3) is 28.0. The van der Waals surface area contributed by atoms with Crippen molar-refractivity contribution in [3.05, 3.63) is 22.7 Å². The average Bonchev–Trinajstić information content (AvgIpc) is 3.51. The number of nitrogen functional groups attached to an aromatic ring is 1. The molecule has 65 heavy (non-hydrogen) atoms. The summed E-state index contributed by atoms with van der Waals surface area (Å²) in [4.78, 5) is 61.8. The van der Waals surface area contributed by atoms with E-state index >= 15 is 0 Å². The van der Waals surface area contributed by atoms with Crippen LogP contribution in [0.1, 0.15) is 194 Å². The van der Waals surface area contributed by atoms with Gasteiger partial charge >= 0.3 is 33.3 Å². The summed E-state index contributed by atoms with van der Waals surface area (Å²) in [5, 5.41) is 20.9. The Morgan fingerprint density at radius 1 is 0.692 bits per heavy atom. The highest BCUT2D eigenvalue weighted by molar-refractivity contribution is 7.61. The van der Waals surface area contributed by atoms with Crippen LogP contribution in [0, 0.1) is 11.8 Å². The van der Waals surface area contributed by atoms with Crippen molar-refractivity contribution < 1.29 is 66.3 Å². The molecule has 0 aliphatic carbocycles. The number of rotatable bonds is 39. The van der Waals surface area contributed by atoms with Gasteiger partial charge in [-0.3, -0.25) is 23.2 Å². The number of esters is 2. The van der Waals surface area contributed by atoms with Crippen molar-refractivity contribution in [3.63, 3.8) is 0 Å². The van der Waals surface area contributed by atoms with Crippen LogP contribution in [-0.4, -0.2) is 85.7 Å². The molecule has 0 aromatic carbocycles. The van der Waals surface area contributed by atoms with Gasteiger partial charge in [0.25, 0.3) is 0 Å². The molecule has 1 aliphatic rings. The lowest BCUT2D eigenvalue weighted by atomic mass is 10.0. The molecule has 1 fully saturated rings. The van der Waals surface area contributed by atoms with Crippen LogP contribution in [0.2, 0.25) is 0 Å². The molecule has 1 aliphatic heterocycles. The average molecular weight is 968 g/mol. The summed E-state index contributed by atoms with van der Waals surface area (Å²) in [7, 11) is -10.8. The van der Waals surface area contributed by atoms with Crippen LogP contribution in [0.3, 0.4) is 0 Å². The number of aliphatic hydroxyl groups excluding tert-OH is 2. The number of anilines is 1. The lowest BCUT2D eigenvalue weighted by molar-refractivity contribution is -0.161. The van der Waals surface area contributed by atoms with E-state index in [4.69, 9.17) is 29.0 Å². The van der Waals surface area contributed by atoms with Crippen LogP contribution in [0.4, 0.5) is 5.82 Å². The van der Waals surface area contributed by atoms with E-state index in [0.717, 1.165) is 67.8 Å². The SMILES string of the molecule is CC(C)CCCCCCCCCCCCCC(=O)O[C@H](COC(=O)CCCCCCCCCCCCC(C)C)COP(=O)(O)OP(=O)(O)OC[C@H]1O[C@@H](n2ccc(N)nc2=O)C(O)[C@H]1O. The number of phosphoric acid groups is 2. The number of hydrogen-bond donors (Lipinski definition) is 5. The quantitative estimate of drug-likeness (QED) is 0.0234. The maximum atomic E-state index is 12.8. The Morgan fingerprint density at radius 2 is 1.14 bits per heavy atom. The monoisotopic (exact) mass is 968 g/mol. The van der Waals surface area contributed by atoms with Crippen molar-refractivity contribution in [2.45, 2.75) is 219 Å². The molecular weight excluding hydrogens is 884 g/mol. The summed E-state index contributed by atoms with van der Waals surface area (Å²) in [6.45, 7) is 6.74. The minimum Gasteiger partial charge on any atom is -0.462 e. The van der Waals surface area contributed by atoms with E-state index in [1.54, 1.807) is 0 Å². The molecule has 6 N–H and O–H groups in total. The molecule has 18 nitrogen and oxygen atoms in total. The van der Waals surface area contributed by atoms with Crippen LogP contribution in [0.15, 0.2) is 17.1 Å². The van der Waals surface area contributed by atoms with Crippen LogP contribution >= 0.6 is 15.6 Å². The van der Waals surface area contributed by atoms with E-state index in [-0.39, 0.29) is 18.7 Å². The number of carbonyl (C=O) groups excluding carboxylic acids is 2. The molecule has 3 unspecified atom stereocenters. The maximum Gasteiger partial charge on any atom is 0.481 e. The normalized spacial score (nSPS) is 19.9. The molecule has 0 amide bonds. The van der Waals surface area contributed by atoms with E-state index in [1.807, 2.05) is 0 Å². The highest BCUT2D eigenvalue weighted by Gasteiger charge is 2.46. The van der Waals surface area contributed by atoms with Gasteiger partial charge < -0.3 is 39.9 Å². The fraction of sp³-hybridized carbons (Fsp3) is 0.867. The Morgan fingerprint density at radius 3 is 1.62 bits per heavy atom. The molecule has 20 heteroatoms. The molecule has 1 aromatic heterocycles. The highest BCUT2D eigenvalue weighted by atomic mass is 31.3. The summed E-state index contributed by atoms with van der Waals surface area (Å²) >= 11 is 0. The third-order valence-corrected chi connectivity index (χ3v) is 13.9. The van der Waals surface area contributed by atoms with E-state index < -0.39 is 83.7 Å². The second kappa shape index (κ2) is 33.3. The number of carbonyl (C=O) groups is 2. The zero-order valence-electron chi connectivity index (χ0n) is 39.6. The first-order chi connectivity index (χ1) is 30.9. The van der Waals surface area contributed by atoms with E-state index in [9.17, 15) is 43.5 Å². The number of aromatic nitrogens is 2. The molecule has 7 atom stereocenters. The van der Waals surface area contributed by atoms with E-state index in [0.29, 0.717) is 12.8 Å². The lowest BCUT2D eigenvalue weighted by Crippen LogP contribution is -2.36. The Balaban J connectivity index is 1.81. The van der Waals surface area contributed by atoms with Crippen molar-refractivity contribution in [3.8, 4) is 0 Å². The highest BCUT2D eigenvalue weighted by Crippen LogP contribution is 2.60. The summed E-state index contributed by atoms with van der Waals surface area (Å²) < 4.78 is 56.7. The first kappa shape index (κ1) is 58.9. The van der Waals surface area contributed by atoms with Crippen molar-refractivity contribution in [1.82, 2.24) is 9.55 Å². The minimum atomic E-state index is -5.42. The zero-order valence-corrected chi connectivity index (χ0v) is 41.4. The molecule has 0 radical (unpaired) electrons. The van der Waals surface area contributed by atoms with E-state index in [2.05, 4.69) is 37.0 Å². The van der Waals surface area contributed by atoms with Crippen molar-refractivity contribution >= 4 is 33.4 Å². The molecule has 0 spiro atoms. The number of aliphatic hydroxyl groups is 2. The largest absolute Gasteiger partial charge is 0.481 e. The Bertz CT molecular complexity index is 1620. The fourth-order valence-electron chi connectivity index (χ4n) is 7.51. The summed E-state index contributed by atoms with van der Waals surface area (Å²) in [6, 6.07) is 1.25. The van der Waals surface area contributed by atoms with Crippen molar-refractivity contribution in [2.24, 2.45) is 11.8 Å². The van der Waals surface area contributed by atoms with Gasteiger partial charge in [-0.1, -0.05) is 163 Å². The van der Waals surface area contributed by atoms with Crippen molar-refractivity contribution in [1.29, 1.82) is 0 Å². The molecule has 1 aromatic rings. The predicted molar refractivity (Wildman–Crippen MR) is 247 cm³/mol. The Kier molecular flexibility index (Phi) is 30.2. The maximum absolute atomic E-state index is 12.8. The standard InChI is InChI=1S/C45H83N3O15P2/c1-35(2)26-22-18-14-10-6-5-7-13-17-21-25-29-41(50)61-37(32-58-40(49)28-24-20-16-12-9-8-11-15-19-23-27-36(3)4)33-59-64(54,55)63-65(56,57)60-34-38-42(51)43(52)44(62-38)48-31-30-39(46)47-45(48)53/h30-31,35-38,42-44,51-52H,5-29,32-34H2,1-4H3,(H,54,55)(H,56,57)(H2,46,47,53)/t37-,38-,42+,43?,44-/m1/s1. The third-order valence-electron chi connectivity index (χ3n) is 11.3. The first-order valence-corrected chi connectivity index (χ1v) is 27.3. The Hall–Kier alpha value is -2.24. The number of phosphoric ester groups is 2. The summed E-state index contributed by atoms with van der Waals surface area (Å²) in [5.74, 6) is 0.235. The fourth-order valence-corrected chi connectivity index (χ4v) is 9.62. The van der Waals surface area contributed by atoms with Gasteiger partial charge in [-0.15, -0.1) is 0 Å². The van der Waals surface area contributed by atoms with Crippen LogP contribution in [0.5, 0.6) is 0 Å². The second-order valence-corrected chi connectivity index (χ2v) is 21.3. The molecule has 378 valence electrons. The van der Waals surface area contributed by atoms with Gasteiger partial charge in [0.05, 0.1) is 13.2 Å². The topological polar surface area (TPSA) is 265 Å². The van der Waals surface area contributed by atoms with Gasteiger partial charge in [0.2, 0.25) is 0 Å². The van der Waals surface area contributed by atoms with Crippen LogP contribution < -0.4 is 11.4 Å². The van der Waals surface area contributed by atoms with Gasteiger partial charge in [-0.25, -0.2) is 13.9 Å². The number of ether oxygens (including phenoxy) is 3. The second-order valence-electron chi connectivity index (χ2n) is 18.3. The lowest BCUT2D eigenvalue weighted by Gasteiger charge is -2.21. The number of nitrogens with two attached hydrogens (primary N) is 1. The molecule has 0 bridgehead atoms. The smallest absolute Gasteiger partial charge is 0.462 e. The summed E-state index contributed by atoms with van der Waals surface area (Å²) in [6.07, 6.45) is 19.3. The number of nitrogens with zero attached hydrogens (tertiary/aromatic N) is 2. The van der Waals surface area contributed by atoms with Crippen molar-refractivity contribution in [2.75, 3.05) is 25.6 Å². The number of unbranched alkanes of at least 4 members (excludes halogenated alkanes) is 19. The molecular formula is C45H83N3O15P2. The van der Waals surface area contributed by atoms with Gasteiger partial charge in [-0.05, 0) is 30.7 Å². The van der Waals surface area contributed by atoms with Gasteiger partial charge in [0.1, 0.15) is 30.7 Å².